The third-order valence-corrected chi connectivity index (χ3v) is 3.73. The number of halogens is 1. The lowest BCUT2D eigenvalue weighted by atomic mass is 10.2. The molecule has 0 aliphatic carbocycles. The molecule has 0 N–H and O–H groups in total. The van der Waals surface area contributed by atoms with Crippen molar-refractivity contribution in [2.45, 2.75) is 18.8 Å². The number of benzene rings is 1. The van der Waals surface area contributed by atoms with Crippen LogP contribution in [0.4, 0.5) is 0 Å². The van der Waals surface area contributed by atoms with Crippen molar-refractivity contribution in [2.75, 3.05) is 32.1 Å². The minimum absolute atomic E-state index is 0.176. The third kappa shape index (κ3) is 4.35. The van der Waals surface area contributed by atoms with Gasteiger partial charge in [-0.25, -0.2) is 0 Å². The van der Waals surface area contributed by atoms with Crippen LogP contribution in [0.1, 0.15) is 5.56 Å². The van der Waals surface area contributed by atoms with Crippen molar-refractivity contribution in [1.82, 2.24) is 4.90 Å². The first-order valence-electron chi connectivity index (χ1n) is 6.29. The molecule has 1 aromatic carbocycles. The second-order valence-corrected chi connectivity index (χ2v) is 5.40. The van der Waals surface area contributed by atoms with Gasteiger partial charge in [-0.3, -0.25) is 0 Å². The average molecular weight is 314 g/mol. The van der Waals surface area contributed by atoms with E-state index in [1.54, 1.807) is 0 Å². The number of hydrogen-bond acceptors (Lipinski definition) is 3. The third-order valence-electron chi connectivity index (χ3n) is 3.00. The van der Waals surface area contributed by atoms with Gasteiger partial charge in [0.25, 0.3) is 0 Å². The quantitative estimate of drug-likeness (QED) is 0.779. The molecule has 100 valence electrons. The maximum atomic E-state index is 5.93. The second kappa shape index (κ2) is 7.24. The highest BCUT2D eigenvalue weighted by atomic mass is 79.9. The fourth-order valence-electron chi connectivity index (χ4n) is 2.19. The number of hydrogen-bond donors (Lipinski definition) is 0. The predicted octanol–water partition coefficient (Wildman–Crippen LogP) is 2.30. The Morgan fingerprint density at radius 3 is 2.72 bits per heavy atom. The molecule has 3 nitrogen and oxygen atoms in total. The van der Waals surface area contributed by atoms with E-state index in [0.717, 1.165) is 18.4 Å². The van der Waals surface area contributed by atoms with Crippen LogP contribution < -0.4 is 0 Å². The molecule has 2 rings (SSSR count). The van der Waals surface area contributed by atoms with Gasteiger partial charge < -0.3 is 14.4 Å². The zero-order valence-corrected chi connectivity index (χ0v) is 12.3. The molecular weight excluding hydrogens is 294 g/mol. The normalized spacial score (nSPS) is 25.2. The van der Waals surface area contributed by atoms with E-state index < -0.39 is 0 Å². The van der Waals surface area contributed by atoms with Crippen molar-refractivity contribution in [3.8, 4) is 0 Å². The van der Waals surface area contributed by atoms with E-state index in [9.17, 15) is 0 Å². The molecular formula is C14H20BrNO2. The maximum Gasteiger partial charge on any atom is 0.0939 e. The van der Waals surface area contributed by atoms with Crippen molar-refractivity contribution < 1.29 is 9.47 Å². The van der Waals surface area contributed by atoms with E-state index in [2.05, 4.69) is 40.0 Å². The summed E-state index contributed by atoms with van der Waals surface area (Å²) in [6.07, 6.45) is 0.448. The zero-order valence-electron chi connectivity index (χ0n) is 10.7. The van der Waals surface area contributed by atoms with Gasteiger partial charge in [-0.1, -0.05) is 46.3 Å². The monoisotopic (exact) mass is 313 g/mol. The number of alkyl halides is 1. The van der Waals surface area contributed by atoms with Gasteiger partial charge in [0.2, 0.25) is 0 Å². The fraction of sp³-hybridized carbons (Fsp3) is 0.571. The Morgan fingerprint density at radius 2 is 2.00 bits per heavy atom. The van der Waals surface area contributed by atoms with E-state index in [0.29, 0.717) is 13.2 Å². The Bertz CT molecular complexity index is 347. The lowest BCUT2D eigenvalue weighted by Gasteiger charge is -2.35. The molecule has 1 aliphatic heterocycles. The Balaban J connectivity index is 1.73. The van der Waals surface area contributed by atoms with Gasteiger partial charge in [-0.15, -0.1) is 0 Å². The Morgan fingerprint density at radius 1 is 1.28 bits per heavy atom. The molecule has 0 amide bonds. The summed E-state index contributed by atoms with van der Waals surface area (Å²) in [7, 11) is 2.13. The van der Waals surface area contributed by atoms with Crippen LogP contribution in [0.15, 0.2) is 30.3 Å². The Labute approximate surface area is 117 Å². The van der Waals surface area contributed by atoms with E-state index >= 15 is 0 Å². The topological polar surface area (TPSA) is 21.7 Å². The highest BCUT2D eigenvalue weighted by Gasteiger charge is 2.24. The number of morpholine rings is 1. The highest BCUT2D eigenvalue weighted by Crippen LogP contribution is 2.12. The molecule has 1 saturated heterocycles. The van der Waals surface area contributed by atoms with Crippen molar-refractivity contribution in [2.24, 2.45) is 0 Å². The summed E-state index contributed by atoms with van der Waals surface area (Å²) >= 11 is 3.48. The summed E-state index contributed by atoms with van der Waals surface area (Å²) in [6.45, 7) is 3.24. The number of ether oxygens (including phenoxy) is 2. The van der Waals surface area contributed by atoms with Crippen LogP contribution >= 0.6 is 15.9 Å². The SMILES string of the molecule is CN1CC(CBr)O[C@@H](COCc2ccccc2)C1. The summed E-state index contributed by atoms with van der Waals surface area (Å²) < 4.78 is 11.7. The maximum absolute atomic E-state index is 5.93. The molecule has 0 spiro atoms. The van der Waals surface area contributed by atoms with Crippen LogP contribution in [0.25, 0.3) is 0 Å². The zero-order chi connectivity index (χ0) is 12.8. The molecule has 1 unspecified atom stereocenters. The largest absolute Gasteiger partial charge is 0.374 e. The summed E-state index contributed by atoms with van der Waals surface area (Å²) in [4.78, 5) is 2.30. The molecule has 0 aromatic heterocycles. The van der Waals surface area contributed by atoms with Crippen molar-refractivity contribution in [1.29, 1.82) is 0 Å². The van der Waals surface area contributed by atoms with Gasteiger partial charge >= 0.3 is 0 Å². The Kier molecular flexibility index (Phi) is 5.63. The molecule has 1 heterocycles. The van der Waals surface area contributed by atoms with Crippen LogP contribution in [-0.2, 0) is 16.1 Å². The lowest BCUT2D eigenvalue weighted by Crippen LogP contribution is -2.48. The smallest absolute Gasteiger partial charge is 0.0939 e. The standard InChI is InChI=1S/C14H20BrNO2/c1-16-8-13(7-15)18-14(9-16)11-17-10-12-5-3-2-4-6-12/h2-6,13-14H,7-11H2,1H3/t13?,14-/m1/s1. The van der Waals surface area contributed by atoms with Gasteiger partial charge in [-0.05, 0) is 12.6 Å². The van der Waals surface area contributed by atoms with E-state index in [1.165, 1.54) is 5.56 Å². The average Bonchev–Trinajstić information content (AvgIpc) is 2.39. The summed E-state index contributed by atoms with van der Waals surface area (Å²) in [6, 6.07) is 10.2. The van der Waals surface area contributed by atoms with Gasteiger partial charge in [0, 0.05) is 18.4 Å². The first-order valence-corrected chi connectivity index (χ1v) is 7.41. The molecule has 1 aromatic rings. The molecule has 0 radical (unpaired) electrons. The molecule has 18 heavy (non-hydrogen) atoms. The molecule has 1 aliphatic rings. The minimum Gasteiger partial charge on any atom is -0.374 e. The highest BCUT2D eigenvalue weighted by molar-refractivity contribution is 9.09. The summed E-state index contributed by atoms with van der Waals surface area (Å²) in [5.41, 5.74) is 1.21. The molecule has 0 bridgehead atoms. The van der Waals surface area contributed by atoms with E-state index in [-0.39, 0.29) is 12.2 Å². The lowest BCUT2D eigenvalue weighted by molar-refractivity contribution is -0.101. The van der Waals surface area contributed by atoms with E-state index in [1.807, 2.05) is 18.2 Å². The van der Waals surface area contributed by atoms with Crippen LogP contribution in [-0.4, -0.2) is 49.2 Å². The van der Waals surface area contributed by atoms with Gasteiger partial charge in [0.05, 0.1) is 25.4 Å². The molecule has 2 atom stereocenters. The van der Waals surface area contributed by atoms with Crippen LogP contribution in [0, 0.1) is 0 Å². The summed E-state index contributed by atoms with van der Waals surface area (Å²) in [5, 5.41) is 0.881. The second-order valence-electron chi connectivity index (χ2n) is 4.76. The summed E-state index contributed by atoms with van der Waals surface area (Å²) in [5.74, 6) is 0. The predicted molar refractivity (Wildman–Crippen MR) is 76.1 cm³/mol. The molecule has 4 heteroatoms. The number of likely N-dealkylation sites (N-methyl/N-ethyl adjacent to an activating group) is 1. The van der Waals surface area contributed by atoms with Crippen LogP contribution in [0.3, 0.4) is 0 Å². The Hall–Kier alpha value is -0.420. The van der Waals surface area contributed by atoms with Gasteiger partial charge in [-0.2, -0.15) is 0 Å². The first-order chi connectivity index (χ1) is 8.78. The van der Waals surface area contributed by atoms with Crippen LogP contribution in [0.5, 0.6) is 0 Å². The van der Waals surface area contributed by atoms with Crippen molar-refractivity contribution >= 4 is 15.9 Å². The van der Waals surface area contributed by atoms with Crippen molar-refractivity contribution in [3.05, 3.63) is 35.9 Å². The molecule has 1 fully saturated rings. The number of rotatable bonds is 5. The van der Waals surface area contributed by atoms with Crippen LogP contribution in [0.2, 0.25) is 0 Å². The van der Waals surface area contributed by atoms with E-state index in [4.69, 9.17) is 9.47 Å². The number of nitrogens with zero attached hydrogens (tertiary/aromatic N) is 1. The molecule has 0 saturated carbocycles. The first kappa shape index (κ1) is 14.0. The van der Waals surface area contributed by atoms with Crippen molar-refractivity contribution in [3.63, 3.8) is 0 Å². The van der Waals surface area contributed by atoms with Gasteiger partial charge in [0.1, 0.15) is 0 Å². The van der Waals surface area contributed by atoms with Gasteiger partial charge in [0.15, 0.2) is 0 Å². The fourth-order valence-corrected chi connectivity index (χ4v) is 2.54. The minimum atomic E-state index is 0.176.